The Kier molecular flexibility index (Phi) is 6.05. The van der Waals surface area contributed by atoms with Gasteiger partial charge in [0.2, 0.25) is 0 Å². The zero-order valence-corrected chi connectivity index (χ0v) is 15.7. The van der Waals surface area contributed by atoms with Crippen molar-refractivity contribution >= 4 is 39.3 Å². The van der Waals surface area contributed by atoms with Crippen LogP contribution >= 0.6 is 15.9 Å². The lowest BCUT2D eigenvalue weighted by molar-refractivity contribution is -0.112. The van der Waals surface area contributed by atoms with Crippen molar-refractivity contribution in [1.29, 1.82) is 5.26 Å². The highest BCUT2D eigenvalue weighted by Crippen LogP contribution is 2.19. The fourth-order valence-corrected chi connectivity index (χ4v) is 3.08. The van der Waals surface area contributed by atoms with Gasteiger partial charge >= 0.3 is 0 Å². The average molecular weight is 412 g/mol. The molecule has 1 aliphatic rings. The first-order valence-corrected chi connectivity index (χ1v) is 9.06. The normalized spacial score (nSPS) is 14.6. The number of halogens is 1. The summed E-state index contributed by atoms with van der Waals surface area (Å²) in [6, 6.07) is 17.0. The Morgan fingerprint density at radius 3 is 2.58 bits per heavy atom. The van der Waals surface area contributed by atoms with Crippen LogP contribution < -0.4 is 10.2 Å². The second-order valence-corrected chi connectivity index (χ2v) is 6.74. The number of benzene rings is 2. The van der Waals surface area contributed by atoms with Crippen molar-refractivity contribution in [2.45, 2.75) is 0 Å². The summed E-state index contributed by atoms with van der Waals surface area (Å²) >= 11 is 3.36. The summed E-state index contributed by atoms with van der Waals surface area (Å²) in [7, 11) is 0. The molecule has 1 N–H and O–H groups in total. The van der Waals surface area contributed by atoms with Crippen molar-refractivity contribution in [3.05, 3.63) is 64.1 Å². The second kappa shape index (κ2) is 8.65. The Morgan fingerprint density at radius 2 is 1.92 bits per heavy atom. The van der Waals surface area contributed by atoms with Crippen LogP contribution in [-0.4, -0.2) is 32.2 Å². The fourth-order valence-electron chi connectivity index (χ4n) is 2.68. The number of hydrogen-bond acceptors (Lipinski definition) is 4. The monoisotopic (exact) mass is 411 g/mol. The highest BCUT2D eigenvalue weighted by molar-refractivity contribution is 9.10. The van der Waals surface area contributed by atoms with E-state index >= 15 is 0 Å². The van der Waals surface area contributed by atoms with Gasteiger partial charge < -0.3 is 15.0 Å². The number of rotatable bonds is 4. The number of nitriles is 1. The molecule has 6 heteroatoms. The molecule has 2 aromatic rings. The molecular formula is C20H18BrN3O2. The fraction of sp³-hybridized carbons (Fsp3) is 0.200. The van der Waals surface area contributed by atoms with E-state index in [1.165, 1.54) is 0 Å². The van der Waals surface area contributed by atoms with Gasteiger partial charge in [-0.1, -0.05) is 34.1 Å². The van der Waals surface area contributed by atoms with E-state index in [4.69, 9.17) is 4.74 Å². The molecule has 0 spiro atoms. The molecule has 0 unspecified atom stereocenters. The Balaban J connectivity index is 1.71. The van der Waals surface area contributed by atoms with E-state index in [0.29, 0.717) is 5.69 Å². The summed E-state index contributed by atoms with van der Waals surface area (Å²) in [4.78, 5) is 14.6. The Labute approximate surface area is 161 Å². The van der Waals surface area contributed by atoms with E-state index in [-0.39, 0.29) is 5.57 Å². The maximum atomic E-state index is 12.3. The second-order valence-electron chi connectivity index (χ2n) is 5.83. The molecule has 1 fully saturated rings. The number of morpholine rings is 1. The van der Waals surface area contributed by atoms with Gasteiger partial charge in [-0.3, -0.25) is 4.79 Å². The van der Waals surface area contributed by atoms with Crippen LogP contribution in [0.25, 0.3) is 6.08 Å². The smallest absolute Gasteiger partial charge is 0.266 e. The Morgan fingerprint density at radius 1 is 1.19 bits per heavy atom. The molecule has 1 heterocycles. The molecule has 0 aromatic heterocycles. The minimum absolute atomic E-state index is 0.0594. The van der Waals surface area contributed by atoms with E-state index in [2.05, 4.69) is 26.1 Å². The first-order valence-electron chi connectivity index (χ1n) is 8.27. The van der Waals surface area contributed by atoms with Gasteiger partial charge in [-0.2, -0.15) is 5.26 Å². The molecule has 1 aliphatic heterocycles. The van der Waals surface area contributed by atoms with Crippen LogP contribution in [0.4, 0.5) is 11.4 Å². The zero-order chi connectivity index (χ0) is 18.4. The van der Waals surface area contributed by atoms with Gasteiger partial charge in [0.05, 0.1) is 13.2 Å². The summed E-state index contributed by atoms with van der Waals surface area (Å²) in [5.74, 6) is -0.428. The molecule has 1 saturated heterocycles. The van der Waals surface area contributed by atoms with Crippen molar-refractivity contribution in [3.8, 4) is 6.07 Å². The van der Waals surface area contributed by atoms with E-state index < -0.39 is 5.91 Å². The largest absolute Gasteiger partial charge is 0.378 e. The summed E-state index contributed by atoms with van der Waals surface area (Å²) in [6.07, 6.45) is 1.59. The van der Waals surface area contributed by atoms with E-state index in [1.54, 1.807) is 18.2 Å². The minimum atomic E-state index is -0.428. The molecule has 0 radical (unpaired) electrons. The molecular weight excluding hydrogens is 394 g/mol. The number of carbonyl (C=O) groups excluding carboxylic acids is 1. The average Bonchev–Trinajstić information content (AvgIpc) is 2.67. The molecule has 26 heavy (non-hydrogen) atoms. The number of hydrogen-bond donors (Lipinski definition) is 1. The molecule has 0 bridgehead atoms. The van der Waals surface area contributed by atoms with E-state index in [1.807, 2.05) is 42.5 Å². The van der Waals surface area contributed by atoms with E-state index in [9.17, 15) is 10.1 Å². The lowest BCUT2D eigenvalue weighted by Crippen LogP contribution is -2.36. The Bertz CT molecular complexity index is 850. The molecule has 1 amide bonds. The number of nitrogens with zero attached hydrogens (tertiary/aromatic N) is 2. The van der Waals surface area contributed by atoms with Crippen molar-refractivity contribution in [3.63, 3.8) is 0 Å². The van der Waals surface area contributed by atoms with E-state index in [0.717, 1.165) is 42.0 Å². The van der Waals surface area contributed by atoms with Gasteiger partial charge in [0.15, 0.2) is 0 Å². The van der Waals surface area contributed by atoms with Crippen LogP contribution in [-0.2, 0) is 9.53 Å². The van der Waals surface area contributed by atoms with Gasteiger partial charge in [0, 0.05) is 28.9 Å². The molecule has 3 rings (SSSR count). The number of anilines is 2. The standard InChI is InChI=1S/C20H18BrN3O2/c21-17-2-1-3-18(13-17)23-20(25)16(14-22)12-15-4-6-19(7-5-15)24-8-10-26-11-9-24/h1-7,12-13H,8-11H2,(H,23,25)/b16-12-. The van der Waals surface area contributed by atoms with Crippen molar-refractivity contribution in [2.75, 3.05) is 36.5 Å². The molecule has 2 aromatic carbocycles. The van der Waals surface area contributed by atoms with Crippen LogP contribution in [0.2, 0.25) is 0 Å². The van der Waals surface area contributed by atoms with Crippen LogP contribution in [0.15, 0.2) is 58.6 Å². The van der Waals surface area contributed by atoms with Crippen molar-refractivity contribution in [2.24, 2.45) is 0 Å². The minimum Gasteiger partial charge on any atom is -0.378 e. The molecule has 132 valence electrons. The van der Waals surface area contributed by atoms with Gasteiger partial charge in [0.1, 0.15) is 11.6 Å². The summed E-state index contributed by atoms with van der Waals surface area (Å²) in [5, 5.41) is 12.1. The lowest BCUT2D eigenvalue weighted by Gasteiger charge is -2.28. The predicted octanol–water partition coefficient (Wildman–Crippen LogP) is 3.83. The van der Waals surface area contributed by atoms with Crippen LogP contribution in [0.5, 0.6) is 0 Å². The third kappa shape index (κ3) is 4.72. The first kappa shape index (κ1) is 18.2. The molecule has 0 atom stereocenters. The lowest BCUT2D eigenvalue weighted by atomic mass is 10.1. The summed E-state index contributed by atoms with van der Waals surface area (Å²) < 4.78 is 6.22. The molecule has 0 aliphatic carbocycles. The Hall–Kier alpha value is -2.62. The summed E-state index contributed by atoms with van der Waals surface area (Å²) in [6.45, 7) is 3.20. The van der Waals surface area contributed by atoms with Gasteiger partial charge in [-0.15, -0.1) is 0 Å². The zero-order valence-electron chi connectivity index (χ0n) is 14.1. The summed E-state index contributed by atoms with van der Waals surface area (Å²) in [5.41, 5.74) is 2.61. The third-order valence-corrected chi connectivity index (χ3v) is 4.52. The van der Waals surface area contributed by atoms with Crippen LogP contribution in [0, 0.1) is 11.3 Å². The predicted molar refractivity (Wildman–Crippen MR) is 106 cm³/mol. The molecule has 5 nitrogen and oxygen atoms in total. The van der Waals surface area contributed by atoms with Gasteiger partial charge in [-0.25, -0.2) is 0 Å². The quantitative estimate of drug-likeness (QED) is 0.613. The van der Waals surface area contributed by atoms with Crippen LogP contribution in [0.3, 0.4) is 0 Å². The van der Waals surface area contributed by atoms with Gasteiger partial charge in [-0.05, 0) is 42.0 Å². The topological polar surface area (TPSA) is 65.4 Å². The SMILES string of the molecule is N#C/C(=C/c1ccc(N2CCOCC2)cc1)C(=O)Nc1cccc(Br)c1. The number of carbonyl (C=O) groups is 1. The molecule has 0 saturated carbocycles. The van der Waals surface area contributed by atoms with Gasteiger partial charge in [0.25, 0.3) is 5.91 Å². The number of ether oxygens (including phenoxy) is 1. The van der Waals surface area contributed by atoms with Crippen molar-refractivity contribution < 1.29 is 9.53 Å². The van der Waals surface area contributed by atoms with Crippen molar-refractivity contribution in [1.82, 2.24) is 0 Å². The highest BCUT2D eigenvalue weighted by Gasteiger charge is 2.12. The number of nitrogens with one attached hydrogen (secondary N) is 1. The number of amides is 1. The highest BCUT2D eigenvalue weighted by atomic mass is 79.9. The van der Waals surface area contributed by atoms with Crippen LogP contribution in [0.1, 0.15) is 5.56 Å². The first-order chi connectivity index (χ1) is 12.7. The maximum Gasteiger partial charge on any atom is 0.266 e. The maximum absolute atomic E-state index is 12.3. The third-order valence-electron chi connectivity index (χ3n) is 4.03.